The maximum absolute atomic E-state index is 12.1. The van der Waals surface area contributed by atoms with E-state index in [9.17, 15) is 13.2 Å². The largest absolute Gasteiger partial charge is 0.389 e. The van der Waals surface area contributed by atoms with Gasteiger partial charge in [-0.25, -0.2) is 0 Å². The minimum absolute atomic E-state index is 0. The first kappa shape index (κ1) is 22.5. The summed E-state index contributed by atoms with van der Waals surface area (Å²) < 4.78 is 36.2. The first-order valence-electron chi connectivity index (χ1n) is 7.51. The average Bonchev–Trinajstić information content (AvgIpc) is 2.95. The lowest BCUT2D eigenvalue weighted by Crippen LogP contribution is -2.40. The number of likely N-dealkylation sites (N-methyl/N-ethyl adjacent to an activating group) is 1. The summed E-state index contributed by atoms with van der Waals surface area (Å²) in [5, 5.41) is 5.23. The first-order chi connectivity index (χ1) is 10.4. The van der Waals surface area contributed by atoms with Gasteiger partial charge < -0.3 is 10.2 Å². The van der Waals surface area contributed by atoms with Gasteiger partial charge in [0.2, 0.25) is 0 Å². The zero-order valence-corrected chi connectivity index (χ0v) is 16.7. The molecule has 0 spiro atoms. The zero-order chi connectivity index (χ0) is 16.4. The van der Waals surface area contributed by atoms with Crippen LogP contribution in [0.3, 0.4) is 0 Å². The molecule has 0 atom stereocenters. The van der Waals surface area contributed by atoms with Gasteiger partial charge >= 0.3 is 6.18 Å². The van der Waals surface area contributed by atoms with Gasteiger partial charge in [0.15, 0.2) is 5.96 Å². The Hall–Kier alpha value is -0.510. The van der Waals surface area contributed by atoms with E-state index in [2.05, 4.69) is 21.8 Å². The van der Waals surface area contributed by atoms with Gasteiger partial charge in [0.25, 0.3) is 0 Å². The predicted molar refractivity (Wildman–Crippen MR) is 102 cm³/mol. The molecule has 1 N–H and O–H groups in total. The Morgan fingerprint density at radius 3 is 2.65 bits per heavy atom. The van der Waals surface area contributed by atoms with E-state index in [0.717, 1.165) is 25.5 Å². The van der Waals surface area contributed by atoms with Gasteiger partial charge in [-0.1, -0.05) is 6.07 Å². The van der Waals surface area contributed by atoms with Crippen molar-refractivity contribution in [3.05, 3.63) is 22.4 Å². The topological polar surface area (TPSA) is 27.6 Å². The molecule has 1 heterocycles. The molecule has 0 bridgehead atoms. The lowest BCUT2D eigenvalue weighted by atomic mass is 10.2. The van der Waals surface area contributed by atoms with Crippen molar-refractivity contribution >= 4 is 41.3 Å². The van der Waals surface area contributed by atoms with Gasteiger partial charge in [-0.15, -0.1) is 35.3 Å². The number of rotatable bonds is 8. The van der Waals surface area contributed by atoms with E-state index in [0.29, 0.717) is 13.0 Å². The van der Waals surface area contributed by atoms with Crippen molar-refractivity contribution < 1.29 is 13.2 Å². The van der Waals surface area contributed by atoms with Crippen LogP contribution >= 0.6 is 35.3 Å². The van der Waals surface area contributed by atoms with Crippen LogP contribution in [0.5, 0.6) is 0 Å². The molecule has 134 valence electrons. The smallest absolute Gasteiger partial charge is 0.357 e. The van der Waals surface area contributed by atoms with Gasteiger partial charge in [-0.2, -0.15) is 13.2 Å². The number of alkyl halides is 3. The van der Waals surface area contributed by atoms with Crippen molar-refractivity contribution in [2.45, 2.75) is 38.8 Å². The molecule has 3 nitrogen and oxygen atoms in total. The summed E-state index contributed by atoms with van der Waals surface area (Å²) in [6.07, 6.45) is -3.27. The highest BCUT2D eigenvalue weighted by Gasteiger charge is 2.25. The fourth-order valence-corrected chi connectivity index (χ4v) is 2.63. The van der Waals surface area contributed by atoms with Gasteiger partial charge in [0.1, 0.15) is 0 Å². The van der Waals surface area contributed by atoms with E-state index < -0.39 is 12.6 Å². The fraction of sp³-hybridized carbons (Fsp3) is 0.667. The number of aliphatic imine (C=N–C) groups is 1. The normalized spacial score (nSPS) is 12.0. The molecule has 0 radical (unpaired) electrons. The monoisotopic (exact) mass is 463 g/mol. The second-order valence-corrected chi connectivity index (χ2v) is 6.09. The Bertz CT molecular complexity index is 436. The van der Waals surface area contributed by atoms with Crippen molar-refractivity contribution in [2.75, 3.05) is 26.7 Å². The Morgan fingerprint density at radius 2 is 2.09 bits per heavy atom. The number of hydrogen-bond acceptors (Lipinski definition) is 2. The molecule has 1 aromatic heterocycles. The highest BCUT2D eigenvalue weighted by molar-refractivity contribution is 14.0. The predicted octanol–water partition coefficient (Wildman–Crippen LogP) is 4.54. The number of nitrogens with zero attached hydrogens (tertiary/aromatic N) is 2. The molecule has 0 aliphatic rings. The van der Waals surface area contributed by atoms with Gasteiger partial charge in [-0.05, 0) is 37.6 Å². The molecule has 23 heavy (non-hydrogen) atoms. The Morgan fingerprint density at radius 1 is 1.35 bits per heavy atom. The maximum atomic E-state index is 12.1. The number of guanidine groups is 1. The zero-order valence-electron chi connectivity index (χ0n) is 13.5. The summed E-state index contributed by atoms with van der Waals surface area (Å²) in [5.74, 6) is 0.756. The number of hydrogen-bond donors (Lipinski definition) is 1. The van der Waals surface area contributed by atoms with Crippen molar-refractivity contribution in [2.24, 2.45) is 4.99 Å². The molecule has 0 unspecified atom stereocenters. The summed E-state index contributed by atoms with van der Waals surface area (Å²) >= 11 is 1.72. The molecule has 8 heteroatoms. The quantitative estimate of drug-likeness (QED) is 0.266. The second-order valence-electron chi connectivity index (χ2n) is 5.06. The molecule has 0 aliphatic heterocycles. The number of nitrogens with one attached hydrogen (secondary N) is 1. The van der Waals surface area contributed by atoms with Crippen LogP contribution in [-0.2, 0) is 6.42 Å². The molecule has 0 saturated carbocycles. The lowest BCUT2D eigenvalue weighted by molar-refractivity contribution is -0.135. The average molecular weight is 463 g/mol. The van der Waals surface area contributed by atoms with Crippen LogP contribution in [0.4, 0.5) is 13.2 Å². The third-order valence-electron chi connectivity index (χ3n) is 3.10. The Kier molecular flexibility index (Phi) is 11.7. The maximum Gasteiger partial charge on any atom is 0.389 e. The fourth-order valence-electron chi connectivity index (χ4n) is 1.93. The lowest BCUT2D eigenvalue weighted by Gasteiger charge is -2.21. The van der Waals surface area contributed by atoms with E-state index in [1.807, 2.05) is 24.9 Å². The van der Waals surface area contributed by atoms with Gasteiger partial charge in [-0.3, -0.25) is 4.99 Å². The summed E-state index contributed by atoms with van der Waals surface area (Å²) in [7, 11) is 1.95. The number of halogens is 4. The third-order valence-corrected chi connectivity index (χ3v) is 4.04. The highest BCUT2D eigenvalue weighted by atomic mass is 127. The first-order valence-corrected chi connectivity index (χ1v) is 8.39. The Labute approximate surface area is 157 Å². The second kappa shape index (κ2) is 11.9. The number of thiophene rings is 1. The molecule has 0 aromatic carbocycles. The molecule has 1 aromatic rings. The number of unbranched alkanes of at least 4 members (excludes halogenated alkanes) is 1. The van der Waals surface area contributed by atoms with E-state index in [4.69, 9.17) is 0 Å². The summed E-state index contributed by atoms with van der Waals surface area (Å²) in [6.45, 7) is 3.97. The molecule has 0 amide bonds. The van der Waals surface area contributed by atoms with E-state index in [1.165, 1.54) is 4.88 Å². The standard InChI is InChI=1S/C15H24F3N3S.HI/c1-3-19-14(20-10-5-4-9-15(16,17)18)21(2)11-8-13-7-6-12-22-13;/h6-7,12H,3-5,8-11H2,1-2H3,(H,19,20);1H. The third kappa shape index (κ3) is 10.8. The SMILES string of the molecule is CCNC(=NCCCCC(F)(F)F)N(C)CCc1cccs1.I. The van der Waals surface area contributed by atoms with Crippen molar-refractivity contribution in [1.82, 2.24) is 10.2 Å². The van der Waals surface area contributed by atoms with Crippen LogP contribution in [0.1, 0.15) is 31.1 Å². The molecular weight excluding hydrogens is 438 g/mol. The van der Waals surface area contributed by atoms with E-state index in [-0.39, 0.29) is 30.4 Å². The van der Waals surface area contributed by atoms with Gasteiger partial charge in [0.05, 0.1) is 0 Å². The summed E-state index contributed by atoms with van der Waals surface area (Å²) in [4.78, 5) is 7.73. The Balaban J connectivity index is 0.00000484. The van der Waals surface area contributed by atoms with Crippen LogP contribution in [0.25, 0.3) is 0 Å². The van der Waals surface area contributed by atoms with Gasteiger partial charge in [0, 0.05) is 38.0 Å². The highest BCUT2D eigenvalue weighted by Crippen LogP contribution is 2.22. The summed E-state index contributed by atoms with van der Waals surface area (Å²) in [6, 6.07) is 4.12. The van der Waals surface area contributed by atoms with Crippen LogP contribution in [0.2, 0.25) is 0 Å². The molecule has 0 aliphatic carbocycles. The molecule has 1 rings (SSSR count). The van der Waals surface area contributed by atoms with Crippen LogP contribution < -0.4 is 5.32 Å². The van der Waals surface area contributed by atoms with E-state index in [1.54, 1.807) is 11.3 Å². The van der Waals surface area contributed by atoms with Crippen molar-refractivity contribution in [1.29, 1.82) is 0 Å². The minimum atomic E-state index is -4.06. The van der Waals surface area contributed by atoms with Crippen LogP contribution in [0.15, 0.2) is 22.5 Å². The van der Waals surface area contributed by atoms with Crippen LogP contribution in [0, 0.1) is 0 Å². The minimum Gasteiger partial charge on any atom is -0.357 e. The van der Waals surface area contributed by atoms with E-state index >= 15 is 0 Å². The summed E-state index contributed by atoms with van der Waals surface area (Å²) in [5.41, 5.74) is 0. The van der Waals surface area contributed by atoms with Crippen LogP contribution in [-0.4, -0.2) is 43.7 Å². The van der Waals surface area contributed by atoms with Crippen molar-refractivity contribution in [3.8, 4) is 0 Å². The molecular formula is C15H25F3IN3S. The van der Waals surface area contributed by atoms with Crippen molar-refractivity contribution in [3.63, 3.8) is 0 Å². The molecule has 0 fully saturated rings. The molecule has 0 saturated heterocycles.